The Kier molecular flexibility index (Phi) is 45.1. The average Bonchev–Trinajstić information content (AvgIpc) is 0.874. The van der Waals surface area contributed by atoms with Crippen LogP contribution in [0, 0.1) is 20.1 Å². The molecule has 6 aromatic carbocycles. The van der Waals surface area contributed by atoms with E-state index in [0.29, 0.717) is 28.6 Å². The van der Waals surface area contributed by atoms with E-state index in [-0.39, 0.29) is 164 Å². The molecule has 3 saturated heterocycles. The predicted molar refractivity (Wildman–Crippen MR) is 496 cm³/mol. The molecule has 37 nitrogen and oxygen atoms in total. The van der Waals surface area contributed by atoms with Gasteiger partial charge in [0.25, 0.3) is 5.56 Å². The topological polar surface area (TPSA) is 457 Å². The van der Waals surface area contributed by atoms with Gasteiger partial charge in [0.05, 0.1) is 134 Å². The summed E-state index contributed by atoms with van der Waals surface area (Å²) in [6.07, 6.45) is -3.55. The zero-order valence-corrected chi connectivity index (χ0v) is 80.9. The number of methoxy groups -OCH3 is 4. The number of aliphatic hydroxyl groups is 1. The molecule has 3 aliphatic rings. The number of aryl methyl sites for hydroxylation is 1. The van der Waals surface area contributed by atoms with E-state index < -0.39 is 127 Å². The van der Waals surface area contributed by atoms with Crippen molar-refractivity contribution in [3.63, 3.8) is 0 Å². The molecule has 3 fully saturated rings. The standard InChI is InChI=1S/C38H47N2O12PS2.C38H47N2O12PS.C8H12N2O2.C5H11O5PS/c1-39-21-23-49-53(54,51-28-35-34(20-22-47-35)52-37(42)19-18-36(41)40-2)50-25-27-55(43,44)26-24-48-38(29-8-6-5-7-9-29,30-10-14-32(45-3)15-11-30)31-12-16-33(46-4)17-13-31;1-39-21-23-49-53(51-28-35-34(20-22-47-35)52-37(42)19-18-36(41)40-2)50-25-27-54(43,44)26-24-48-38(29-8-6-5-7-9-29,30-10-14-32(45-3)15-11-30)31-12-16-33(46-4)17-13-31;1-5(2)10-4-6(3)7(11)9-8(10)12;6-4-1-2-9-5(4)3-10-11(7,8)12/h5-17,34-35H,18-28H2,2-4H3,(H,40,41);5-17,34-35H,18-28H2,2-4H3,(H,40,41);4-5H,1-3H3,(H,9,11,12);4-6H,1-3H2,(H2,7,8,12)/p-2/t2*34-,35+,53?;;4-,5+/m00.0/s1/i2*22T;;2T/t2*22-,34-,35+,53?;;2-,4-,5+. The van der Waals surface area contributed by atoms with Gasteiger partial charge < -0.3 is 119 Å². The number of aromatic amines is 1. The molecule has 0 saturated carbocycles. The first-order valence-corrected chi connectivity index (χ1v) is 51.6. The average molecular weight is 1990 g/mol. The minimum atomic E-state index is -4.18. The first kappa shape index (κ1) is 106. The maximum atomic E-state index is 13.5. The molecule has 44 heteroatoms. The quantitative estimate of drug-likeness (QED) is 0.00916. The highest BCUT2D eigenvalue weighted by Gasteiger charge is 2.42. The van der Waals surface area contributed by atoms with Crippen LogP contribution in [-0.4, -0.2) is 250 Å². The Morgan fingerprint density at radius 2 is 0.917 bits per heavy atom. The van der Waals surface area contributed by atoms with E-state index in [9.17, 15) is 60.5 Å². The van der Waals surface area contributed by atoms with Crippen LogP contribution in [0.3, 0.4) is 0 Å². The van der Waals surface area contributed by atoms with Gasteiger partial charge in [0.1, 0.15) is 77.9 Å². The van der Waals surface area contributed by atoms with Crippen molar-refractivity contribution in [3.8, 4) is 23.0 Å². The van der Waals surface area contributed by atoms with Crippen LogP contribution >= 0.6 is 22.0 Å². The van der Waals surface area contributed by atoms with Gasteiger partial charge in [0, 0.05) is 64.2 Å². The maximum Gasteiger partial charge on any atom is 0.333 e. The van der Waals surface area contributed by atoms with Crippen molar-refractivity contribution in [1.82, 2.24) is 20.2 Å². The van der Waals surface area contributed by atoms with Crippen LogP contribution in [0.2, 0.25) is 0 Å². The van der Waals surface area contributed by atoms with Gasteiger partial charge in [0.2, 0.25) is 24.9 Å². The lowest BCUT2D eigenvalue weighted by molar-refractivity contribution is -0.322. The molecular formula is C89H115N6O31P3S4-2. The molecule has 1 aromatic heterocycles. The Hall–Kier alpha value is -8.91. The zero-order valence-electron chi connectivity index (χ0n) is 77.9. The molecule has 0 aliphatic carbocycles. The van der Waals surface area contributed by atoms with E-state index in [4.69, 9.17) is 108 Å². The highest BCUT2D eigenvalue weighted by molar-refractivity contribution is 8.07. The van der Waals surface area contributed by atoms with Crippen LogP contribution in [0.5, 0.6) is 23.0 Å². The summed E-state index contributed by atoms with van der Waals surface area (Å²) in [4.78, 5) is 99.3. The van der Waals surface area contributed by atoms with Crippen molar-refractivity contribution in [2.45, 2.75) is 120 Å². The molecule has 10 rings (SSSR count). The van der Waals surface area contributed by atoms with Gasteiger partial charge in [-0.1, -0.05) is 116 Å². The molecule has 11 atom stereocenters. The number of H-pyrrole nitrogens is 1. The lowest BCUT2D eigenvalue weighted by atomic mass is 9.80. The van der Waals surface area contributed by atoms with Gasteiger partial charge in [-0.3, -0.25) is 33.5 Å². The number of benzene rings is 6. The fourth-order valence-electron chi connectivity index (χ4n) is 12.9. The van der Waals surface area contributed by atoms with E-state index in [1.807, 2.05) is 172 Å². The minimum Gasteiger partial charge on any atom is -0.812 e. The highest BCUT2D eigenvalue weighted by Crippen LogP contribution is 2.51. The van der Waals surface area contributed by atoms with Crippen molar-refractivity contribution in [1.29, 1.82) is 0 Å². The van der Waals surface area contributed by atoms with E-state index in [0.717, 1.165) is 33.4 Å². The summed E-state index contributed by atoms with van der Waals surface area (Å²) >= 11 is 9.54. The van der Waals surface area contributed by atoms with Crippen LogP contribution in [0.15, 0.2) is 174 Å². The number of nitrogens with zero attached hydrogens (tertiary/aromatic N) is 3. The Morgan fingerprint density at radius 1 is 0.541 bits per heavy atom. The Labute approximate surface area is 790 Å². The Morgan fingerprint density at radius 3 is 1.32 bits per heavy atom. The number of sulfone groups is 2. The molecule has 0 bridgehead atoms. The number of amides is 2. The number of carbonyl (C=O) groups is 4. The van der Waals surface area contributed by atoms with E-state index in [1.54, 1.807) is 41.6 Å². The number of hydrogen-bond donors (Lipinski definition) is 4. The number of carbonyl (C=O) groups excluding carboxylic acids is 4. The van der Waals surface area contributed by atoms with E-state index in [2.05, 4.69) is 41.6 Å². The monoisotopic (exact) mass is 1990 g/mol. The van der Waals surface area contributed by atoms with Gasteiger partial charge in [-0.2, -0.15) is 0 Å². The van der Waals surface area contributed by atoms with Crippen LogP contribution in [-0.2, 0) is 138 Å². The molecule has 0 spiro atoms. The van der Waals surface area contributed by atoms with Crippen LogP contribution in [0.25, 0.3) is 9.69 Å². The SMILES string of the molecule is Cc1cn(C(C)C)c(=O)[nH]c1=O.[3H][C@H]1C[C@H](O)[C@@H](COP([O-])([O-])=S)O1.[3H][C@H]1C[C@H](OC(=O)CCC(=O)NC)[C@@H](COP(=S)(OCC[N+]#[C-])OCCS(=O)(=O)CCOC(c2ccccc2)(c2ccc(OC)cc2)c2ccc(OC)cc2)O1.[3H][C@H]1C[C@H](OC(=O)CCC(=O)NC)[C@@H](COP(OCC[N+]#[C-])OCCS(=O)(=O)CCOC(c2ccccc2)(c2ccc(OC)cc2)c2ccc(OC)cc2)O1. The molecule has 4 N–H and O–H groups in total. The van der Waals surface area contributed by atoms with E-state index >= 15 is 0 Å². The maximum absolute atomic E-state index is 13.5. The number of esters is 2. The van der Waals surface area contributed by atoms with Gasteiger partial charge >= 0.3 is 32.9 Å². The van der Waals surface area contributed by atoms with Crippen molar-refractivity contribution in [2.24, 2.45) is 0 Å². The fourth-order valence-corrected chi connectivity index (χ4v) is 18.2. The molecule has 2 unspecified atom stereocenters. The second kappa shape index (κ2) is 56.6. The van der Waals surface area contributed by atoms with Gasteiger partial charge in [-0.05, 0) is 121 Å². The van der Waals surface area contributed by atoms with Crippen LogP contribution < -0.4 is 50.6 Å². The van der Waals surface area contributed by atoms with Gasteiger partial charge in [-0.25, -0.2) is 34.8 Å². The van der Waals surface area contributed by atoms with Crippen molar-refractivity contribution < 1.29 is 139 Å². The second-order valence-corrected chi connectivity index (χ2v) is 40.7. The molecule has 2 amide bonds. The normalized spacial score (nSPS) is 19.3. The van der Waals surface area contributed by atoms with Gasteiger partial charge in [-0.15, -0.1) is 11.8 Å². The first-order valence-electron chi connectivity index (χ1n) is 43.5. The molecule has 3 aliphatic heterocycles. The summed E-state index contributed by atoms with van der Waals surface area (Å²) in [5, 5.41) is 14.1. The van der Waals surface area contributed by atoms with Crippen molar-refractivity contribution >= 4 is 89.1 Å². The molecule has 4 heterocycles. The molecule has 0 radical (unpaired) electrons. The third-order valence-corrected chi connectivity index (χ3v) is 27.5. The number of aliphatic hydroxyl groups excluding tert-OH is 1. The van der Waals surface area contributed by atoms with Crippen molar-refractivity contribution in [3.05, 3.63) is 247 Å². The Balaban J connectivity index is 0.000000294. The third-order valence-electron chi connectivity index (χ3n) is 20.0. The summed E-state index contributed by atoms with van der Waals surface area (Å²) in [6, 6.07) is 48.6. The van der Waals surface area contributed by atoms with E-state index in [1.165, 1.54) is 18.7 Å². The van der Waals surface area contributed by atoms with Gasteiger partial charge in [0.15, 0.2) is 19.7 Å². The lowest BCUT2D eigenvalue weighted by Crippen LogP contribution is -2.35. The fraction of sp³-hybridized carbons (Fsp3) is 0.483. The molecule has 133 heavy (non-hydrogen) atoms. The molecule has 728 valence electrons. The number of ether oxygens (including phenoxy) is 11. The predicted octanol–water partition coefficient (Wildman–Crippen LogP) is 8.22. The Bertz CT molecular complexity index is 5350. The minimum absolute atomic E-state index is 0.0209. The molecular weight excluding hydrogens is 1870 g/mol. The summed E-state index contributed by atoms with van der Waals surface area (Å²) in [5.41, 5.74) is 2.06. The highest BCUT2D eigenvalue weighted by atomic mass is 32.5. The number of aromatic nitrogens is 2. The summed E-state index contributed by atoms with van der Waals surface area (Å²) < 4.78 is 179. The van der Waals surface area contributed by atoms with Crippen LogP contribution in [0.1, 0.15) is 108 Å². The first-order chi connectivity index (χ1) is 64.8. The zero-order chi connectivity index (χ0) is 99.7. The van der Waals surface area contributed by atoms with Crippen LogP contribution in [0.4, 0.5) is 0 Å². The summed E-state index contributed by atoms with van der Waals surface area (Å²) in [6.45, 7) is 6.95. The largest absolute Gasteiger partial charge is 0.812 e. The third kappa shape index (κ3) is 36.6. The number of nitrogens with one attached hydrogen (secondary N) is 3. The number of rotatable bonds is 50. The number of hydrogen-bond acceptors (Lipinski definition) is 33. The second-order valence-electron chi connectivity index (χ2n) is 29.4. The lowest BCUT2D eigenvalue weighted by Gasteiger charge is -2.36. The molecule has 7 aromatic rings. The summed E-state index contributed by atoms with van der Waals surface area (Å²) in [5.74, 6) is -0.839. The van der Waals surface area contributed by atoms with Crippen molar-refractivity contribution in [2.75, 3.05) is 158 Å². The smallest absolute Gasteiger partial charge is 0.333 e. The summed E-state index contributed by atoms with van der Waals surface area (Å²) in [7, 11) is -0.460.